The van der Waals surface area contributed by atoms with Crippen LogP contribution in [-0.2, 0) is 4.79 Å². The van der Waals surface area contributed by atoms with Crippen molar-refractivity contribution in [3.05, 3.63) is 76.1 Å². The van der Waals surface area contributed by atoms with Gasteiger partial charge in [0.15, 0.2) is 0 Å². The number of hydrazone groups is 1. The quantitative estimate of drug-likeness (QED) is 0.489. The van der Waals surface area contributed by atoms with Gasteiger partial charge in [0.05, 0.1) is 29.7 Å². The molecule has 144 valence electrons. The highest BCUT2D eigenvalue weighted by Crippen LogP contribution is 2.24. The van der Waals surface area contributed by atoms with Crippen LogP contribution >= 0.6 is 11.6 Å². The van der Waals surface area contributed by atoms with Crippen LogP contribution in [0.3, 0.4) is 0 Å². The number of hydrogen-bond acceptors (Lipinski definition) is 4. The number of carbonyl (C=O) groups excluding carboxylic acids is 1. The fourth-order valence-corrected chi connectivity index (χ4v) is 3.03. The standard InChI is InChI=1S/C21H22ClN5O/c1-14-9-10-15(2)19(11-14)27-21(22)18(16(3)26-27)12-24-25-20(28)13-23-17-7-5-4-6-8-17/h4-12,23H,13H2,1-3H3,(H,25,28)/b24-12-. The summed E-state index contributed by atoms with van der Waals surface area (Å²) in [6, 6.07) is 15.6. The number of para-hydroxylation sites is 1. The lowest BCUT2D eigenvalue weighted by Crippen LogP contribution is -2.25. The molecule has 0 saturated carbocycles. The van der Waals surface area contributed by atoms with Crippen LogP contribution in [0.1, 0.15) is 22.4 Å². The summed E-state index contributed by atoms with van der Waals surface area (Å²) in [5.41, 5.74) is 7.87. The number of amides is 1. The van der Waals surface area contributed by atoms with Gasteiger partial charge in [0, 0.05) is 5.69 Å². The Morgan fingerprint density at radius 1 is 1.18 bits per heavy atom. The Hall–Kier alpha value is -3.12. The predicted octanol–water partition coefficient (Wildman–Crippen LogP) is 4.01. The third-order valence-electron chi connectivity index (χ3n) is 4.25. The summed E-state index contributed by atoms with van der Waals surface area (Å²) in [6.07, 6.45) is 1.52. The summed E-state index contributed by atoms with van der Waals surface area (Å²) in [6.45, 7) is 6.01. The van der Waals surface area contributed by atoms with Crippen LogP contribution in [0, 0.1) is 20.8 Å². The second-order valence-corrected chi connectivity index (χ2v) is 6.86. The van der Waals surface area contributed by atoms with Crippen molar-refractivity contribution in [3.63, 3.8) is 0 Å². The summed E-state index contributed by atoms with van der Waals surface area (Å²) in [5, 5.41) is 12.0. The molecule has 6 nitrogen and oxygen atoms in total. The van der Waals surface area contributed by atoms with Crippen molar-refractivity contribution in [2.75, 3.05) is 11.9 Å². The van der Waals surface area contributed by atoms with E-state index in [1.807, 2.05) is 69.3 Å². The maximum Gasteiger partial charge on any atom is 0.259 e. The molecule has 0 aliphatic carbocycles. The van der Waals surface area contributed by atoms with Crippen LogP contribution in [0.25, 0.3) is 5.69 Å². The molecule has 2 N–H and O–H groups in total. The van der Waals surface area contributed by atoms with Gasteiger partial charge >= 0.3 is 0 Å². The number of rotatable bonds is 6. The normalized spacial score (nSPS) is 11.0. The van der Waals surface area contributed by atoms with E-state index in [1.54, 1.807) is 4.68 Å². The van der Waals surface area contributed by atoms with Gasteiger partial charge < -0.3 is 5.32 Å². The number of aryl methyl sites for hydroxylation is 3. The number of nitrogens with one attached hydrogen (secondary N) is 2. The average Bonchev–Trinajstić information content (AvgIpc) is 2.97. The lowest BCUT2D eigenvalue weighted by atomic mass is 10.1. The van der Waals surface area contributed by atoms with E-state index in [1.165, 1.54) is 6.21 Å². The maximum absolute atomic E-state index is 11.9. The molecule has 1 heterocycles. The molecule has 0 atom stereocenters. The van der Waals surface area contributed by atoms with Gasteiger partial charge in [-0.2, -0.15) is 10.2 Å². The second kappa shape index (κ2) is 8.71. The monoisotopic (exact) mass is 395 g/mol. The first-order valence-electron chi connectivity index (χ1n) is 8.89. The summed E-state index contributed by atoms with van der Waals surface area (Å²) in [7, 11) is 0. The van der Waals surface area contributed by atoms with E-state index >= 15 is 0 Å². The zero-order valence-electron chi connectivity index (χ0n) is 16.0. The van der Waals surface area contributed by atoms with Crippen molar-refractivity contribution in [3.8, 4) is 5.69 Å². The number of hydrogen-bond donors (Lipinski definition) is 2. The molecule has 3 aromatic rings. The smallest absolute Gasteiger partial charge is 0.259 e. The fourth-order valence-electron chi connectivity index (χ4n) is 2.71. The molecular formula is C21H22ClN5O. The van der Waals surface area contributed by atoms with Gasteiger partial charge in [-0.3, -0.25) is 4.79 Å². The molecule has 0 unspecified atom stereocenters. The molecule has 1 aromatic heterocycles. The molecule has 0 spiro atoms. The van der Waals surface area contributed by atoms with Crippen molar-refractivity contribution in [1.82, 2.24) is 15.2 Å². The second-order valence-electron chi connectivity index (χ2n) is 6.50. The molecule has 0 aliphatic rings. The van der Waals surface area contributed by atoms with Crippen molar-refractivity contribution in [1.29, 1.82) is 0 Å². The van der Waals surface area contributed by atoms with E-state index in [2.05, 4.69) is 20.9 Å². The van der Waals surface area contributed by atoms with Crippen molar-refractivity contribution in [2.45, 2.75) is 20.8 Å². The maximum atomic E-state index is 11.9. The van der Waals surface area contributed by atoms with Gasteiger partial charge in [-0.25, -0.2) is 10.1 Å². The zero-order valence-corrected chi connectivity index (χ0v) is 16.8. The molecule has 2 aromatic carbocycles. The Labute approximate surface area is 169 Å². The van der Waals surface area contributed by atoms with Gasteiger partial charge in [-0.1, -0.05) is 41.9 Å². The Balaban J connectivity index is 1.68. The van der Waals surface area contributed by atoms with E-state index in [-0.39, 0.29) is 12.5 Å². The van der Waals surface area contributed by atoms with E-state index in [4.69, 9.17) is 11.6 Å². The number of benzene rings is 2. The van der Waals surface area contributed by atoms with E-state index < -0.39 is 0 Å². The molecule has 7 heteroatoms. The van der Waals surface area contributed by atoms with Gasteiger partial charge in [0.2, 0.25) is 0 Å². The highest BCUT2D eigenvalue weighted by atomic mass is 35.5. The third kappa shape index (κ3) is 4.58. The fraction of sp³-hybridized carbons (Fsp3) is 0.190. The summed E-state index contributed by atoms with van der Waals surface area (Å²) >= 11 is 6.53. The summed E-state index contributed by atoms with van der Waals surface area (Å²) in [4.78, 5) is 11.9. The SMILES string of the molecule is Cc1ccc(C)c(-n2nc(C)c(/C=N\NC(=O)CNc3ccccc3)c2Cl)c1. The molecule has 1 amide bonds. The van der Waals surface area contributed by atoms with Crippen LogP contribution in [0.5, 0.6) is 0 Å². The van der Waals surface area contributed by atoms with E-state index in [0.29, 0.717) is 10.7 Å². The minimum atomic E-state index is -0.254. The summed E-state index contributed by atoms with van der Waals surface area (Å²) < 4.78 is 1.69. The van der Waals surface area contributed by atoms with Crippen molar-refractivity contribution < 1.29 is 4.79 Å². The average molecular weight is 396 g/mol. The number of halogens is 1. The van der Waals surface area contributed by atoms with Gasteiger partial charge in [0.1, 0.15) is 5.15 Å². The Kier molecular flexibility index (Phi) is 6.11. The predicted molar refractivity (Wildman–Crippen MR) is 113 cm³/mol. The number of anilines is 1. The number of aromatic nitrogens is 2. The van der Waals surface area contributed by atoms with Gasteiger partial charge in [-0.15, -0.1) is 0 Å². The third-order valence-corrected chi connectivity index (χ3v) is 4.61. The zero-order chi connectivity index (χ0) is 20.1. The van der Waals surface area contributed by atoms with Gasteiger partial charge in [0.25, 0.3) is 5.91 Å². The van der Waals surface area contributed by atoms with Crippen molar-refractivity contribution in [2.24, 2.45) is 5.10 Å². The Morgan fingerprint density at radius 2 is 1.93 bits per heavy atom. The number of nitrogens with zero attached hydrogens (tertiary/aromatic N) is 3. The van der Waals surface area contributed by atoms with Crippen LogP contribution in [0.15, 0.2) is 53.6 Å². The molecule has 28 heavy (non-hydrogen) atoms. The molecule has 0 aliphatic heterocycles. The highest BCUT2D eigenvalue weighted by molar-refractivity contribution is 6.32. The summed E-state index contributed by atoms with van der Waals surface area (Å²) in [5.74, 6) is -0.254. The molecule has 3 rings (SSSR count). The van der Waals surface area contributed by atoms with E-state index in [0.717, 1.165) is 28.2 Å². The van der Waals surface area contributed by atoms with E-state index in [9.17, 15) is 4.79 Å². The first kappa shape index (κ1) is 19.6. The first-order valence-corrected chi connectivity index (χ1v) is 9.27. The molecule has 0 radical (unpaired) electrons. The highest BCUT2D eigenvalue weighted by Gasteiger charge is 2.15. The largest absolute Gasteiger partial charge is 0.376 e. The van der Waals surface area contributed by atoms with Crippen molar-refractivity contribution >= 4 is 29.4 Å². The Morgan fingerprint density at radius 3 is 2.68 bits per heavy atom. The van der Waals surface area contributed by atoms with Gasteiger partial charge in [-0.05, 0) is 50.1 Å². The molecular weight excluding hydrogens is 374 g/mol. The molecule has 0 fully saturated rings. The molecule has 0 saturated heterocycles. The first-order chi connectivity index (χ1) is 13.5. The number of carbonyl (C=O) groups is 1. The molecule has 0 bridgehead atoms. The van der Waals surface area contributed by atoms with Crippen LogP contribution < -0.4 is 10.7 Å². The Bertz CT molecular complexity index is 1010. The minimum Gasteiger partial charge on any atom is -0.376 e. The lowest BCUT2D eigenvalue weighted by molar-refractivity contribution is -0.119. The van der Waals surface area contributed by atoms with Crippen LogP contribution in [0.4, 0.5) is 5.69 Å². The topological polar surface area (TPSA) is 71.3 Å². The van der Waals surface area contributed by atoms with Crippen LogP contribution in [0.2, 0.25) is 5.15 Å². The minimum absolute atomic E-state index is 0.121. The van der Waals surface area contributed by atoms with Crippen LogP contribution in [-0.4, -0.2) is 28.4 Å². The lowest BCUT2D eigenvalue weighted by Gasteiger charge is -2.08.